The van der Waals surface area contributed by atoms with Crippen LogP contribution in [-0.4, -0.2) is 24.0 Å². The normalized spacial score (nSPS) is 12.2. The smallest absolute Gasteiger partial charge is 0.251 e. The number of aryl methyl sites for hydroxylation is 1. The summed E-state index contributed by atoms with van der Waals surface area (Å²) in [6.45, 7) is 3.60. The maximum absolute atomic E-state index is 13.0. The van der Waals surface area contributed by atoms with Crippen LogP contribution in [0.5, 0.6) is 0 Å². The van der Waals surface area contributed by atoms with Gasteiger partial charge in [-0.1, -0.05) is 0 Å². The largest absolute Gasteiger partial charge is 0.349 e. The van der Waals surface area contributed by atoms with Crippen molar-refractivity contribution in [3.63, 3.8) is 0 Å². The minimum absolute atomic E-state index is 0.118. The third kappa shape index (κ3) is 3.52. The zero-order valence-corrected chi connectivity index (χ0v) is 10.5. The highest BCUT2D eigenvalue weighted by Gasteiger charge is 2.10. The highest BCUT2D eigenvalue weighted by Crippen LogP contribution is 2.09. The van der Waals surface area contributed by atoms with Gasteiger partial charge in [0.25, 0.3) is 5.91 Å². The van der Waals surface area contributed by atoms with Crippen LogP contribution in [0.4, 0.5) is 4.39 Å². The van der Waals surface area contributed by atoms with Crippen LogP contribution in [0.2, 0.25) is 0 Å². The molecule has 0 fully saturated rings. The highest BCUT2D eigenvalue weighted by molar-refractivity contribution is 7.98. The first-order valence-corrected chi connectivity index (χ1v) is 6.50. The first-order chi connectivity index (χ1) is 7.54. The van der Waals surface area contributed by atoms with E-state index >= 15 is 0 Å². The Morgan fingerprint density at radius 1 is 1.56 bits per heavy atom. The Morgan fingerprint density at radius 2 is 2.25 bits per heavy atom. The van der Waals surface area contributed by atoms with E-state index in [-0.39, 0.29) is 17.8 Å². The molecule has 0 aromatic heterocycles. The van der Waals surface area contributed by atoms with Crippen LogP contribution in [0.15, 0.2) is 18.2 Å². The van der Waals surface area contributed by atoms with Crippen molar-refractivity contribution < 1.29 is 9.18 Å². The van der Waals surface area contributed by atoms with Crippen LogP contribution in [0, 0.1) is 12.7 Å². The van der Waals surface area contributed by atoms with Gasteiger partial charge in [-0.3, -0.25) is 4.79 Å². The Morgan fingerprint density at radius 3 is 2.81 bits per heavy atom. The first kappa shape index (κ1) is 13.0. The Labute approximate surface area is 99.6 Å². The molecule has 1 amide bonds. The Bertz CT molecular complexity index is 381. The lowest BCUT2D eigenvalue weighted by molar-refractivity contribution is 0.0943. The molecular weight excluding hydrogens is 225 g/mol. The molecule has 0 bridgehead atoms. The second-order valence-electron chi connectivity index (χ2n) is 3.79. The van der Waals surface area contributed by atoms with Gasteiger partial charge in [0, 0.05) is 17.4 Å². The fourth-order valence-corrected chi connectivity index (χ4v) is 1.97. The number of rotatable bonds is 4. The average Bonchev–Trinajstić information content (AvgIpc) is 2.22. The van der Waals surface area contributed by atoms with Gasteiger partial charge in [-0.25, -0.2) is 4.39 Å². The molecule has 0 aliphatic heterocycles. The van der Waals surface area contributed by atoms with E-state index in [2.05, 4.69) is 5.32 Å². The van der Waals surface area contributed by atoms with Crippen LogP contribution in [-0.2, 0) is 0 Å². The highest BCUT2D eigenvalue weighted by atomic mass is 32.2. The molecule has 0 saturated carbocycles. The number of hydrogen-bond donors (Lipinski definition) is 1. The van der Waals surface area contributed by atoms with Crippen LogP contribution < -0.4 is 5.32 Å². The molecule has 1 atom stereocenters. The summed E-state index contributed by atoms with van der Waals surface area (Å²) < 4.78 is 13.0. The van der Waals surface area contributed by atoms with Gasteiger partial charge in [-0.2, -0.15) is 11.8 Å². The number of nitrogens with one attached hydrogen (secondary N) is 1. The molecule has 88 valence electrons. The van der Waals surface area contributed by atoms with Crippen LogP contribution in [0.3, 0.4) is 0 Å². The van der Waals surface area contributed by atoms with E-state index in [1.165, 1.54) is 12.1 Å². The molecule has 0 heterocycles. The second-order valence-corrected chi connectivity index (χ2v) is 4.70. The Hall–Kier alpha value is -1.03. The molecule has 0 spiro atoms. The summed E-state index contributed by atoms with van der Waals surface area (Å²) in [5.74, 6) is 0.435. The van der Waals surface area contributed by atoms with Crippen molar-refractivity contribution in [1.29, 1.82) is 0 Å². The number of benzene rings is 1. The molecule has 1 N–H and O–H groups in total. The topological polar surface area (TPSA) is 29.1 Å². The van der Waals surface area contributed by atoms with Crippen molar-refractivity contribution >= 4 is 17.7 Å². The lowest BCUT2D eigenvalue weighted by Gasteiger charge is -2.12. The van der Waals surface area contributed by atoms with Gasteiger partial charge >= 0.3 is 0 Å². The molecule has 0 aliphatic rings. The molecule has 1 aromatic carbocycles. The van der Waals surface area contributed by atoms with E-state index in [0.717, 1.165) is 5.75 Å². The third-order valence-electron chi connectivity index (χ3n) is 2.21. The van der Waals surface area contributed by atoms with Gasteiger partial charge < -0.3 is 5.32 Å². The molecule has 16 heavy (non-hydrogen) atoms. The van der Waals surface area contributed by atoms with Gasteiger partial charge in [0.1, 0.15) is 5.82 Å². The Balaban J connectivity index is 2.69. The maximum atomic E-state index is 13.0. The summed E-state index contributed by atoms with van der Waals surface area (Å²) in [6.07, 6.45) is 1.99. The predicted octanol–water partition coefficient (Wildman–Crippen LogP) is 2.62. The van der Waals surface area contributed by atoms with Crippen molar-refractivity contribution in [3.05, 3.63) is 35.1 Å². The number of thioether (sulfide) groups is 1. The lowest BCUT2D eigenvalue weighted by Crippen LogP contribution is -2.34. The van der Waals surface area contributed by atoms with E-state index in [0.29, 0.717) is 11.1 Å². The fourth-order valence-electron chi connectivity index (χ4n) is 1.38. The van der Waals surface area contributed by atoms with Crippen LogP contribution >= 0.6 is 11.8 Å². The molecule has 1 unspecified atom stereocenters. The summed E-state index contributed by atoms with van der Waals surface area (Å²) in [5, 5.41) is 2.86. The molecule has 0 saturated heterocycles. The van der Waals surface area contributed by atoms with Gasteiger partial charge in [0.15, 0.2) is 0 Å². The number of carbonyl (C=O) groups is 1. The molecule has 1 rings (SSSR count). The number of halogens is 1. The van der Waals surface area contributed by atoms with Gasteiger partial charge in [0.05, 0.1) is 0 Å². The summed E-state index contributed by atoms with van der Waals surface area (Å²) in [4.78, 5) is 11.8. The van der Waals surface area contributed by atoms with Crippen molar-refractivity contribution in [1.82, 2.24) is 5.32 Å². The standard InChI is InChI=1S/C12H16FNOS/c1-8-6-10(4-5-11(8)13)12(15)14-9(2)7-16-3/h4-6,9H,7H2,1-3H3,(H,14,15). The summed E-state index contributed by atoms with van der Waals surface area (Å²) >= 11 is 1.68. The summed E-state index contributed by atoms with van der Waals surface area (Å²) in [6, 6.07) is 4.51. The van der Waals surface area contributed by atoms with E-state index in [1.54, 1.807) is 24.8 Å². The van der Waals surface area contributed by atoms with Crippen molar-refractivity contribution in [2.45, 2.75) is 19.9 Å². The number of amides is 1. The summed E-state index contributed by atoms with van der Waals surface area (Å²) in [7, 11) is 0. The summed E-state index contributed by atoms with van der Waals surface area (Å²) in [5.41, 5.74) is 0.997. The van der Waals surface area contributed by atoms with E-state index < -0.39 is 0 Å². The average molecular weight is 241 g/mol. The SMILES string of the molecule is CSCC(C)NC(=O)c1ccc(F)c(C)c1. The van der Waals surface area contributed by atoms with Crippen molar-refractivity contribution in [3.8, 4) is 0 Å². The van der Waals surface area contributed by atoms with Crippen molar-refractivity contribution in [2.75, 3.05) is 12.0 Å². The monoisotopic (exact) mass is 241 g/mol. The second kappa shape index (κ2) is 5.89. The fraction of sp³-hybridized carbons (Fsp3) is 0.417. The van der Waals surface area contributed by atoms with Gasteiger partial charge in [-0.15, -0.1) is 0 Å². The molecule has 1 aromatic rings. The van der Waals surface area contributed by atoms with Gasteiger partial charge in [-0.05, 0) is 43.9 Å². The zero-order chi connectivity index (χ0) is 12.1. The van der Waals surface area contributed by atoms with E-state index in [9.17, 15) is 9.18 Å². The minimum Gasteiger partial charge on any atom is -0.349 e. The van der Waals surface area contributed by atoms with E-state index in [1.807, 2.05) is 13.2 Å². The Kier molecular flexibility index (Phi) is 4.80. The van der Waals surface area contributed by atoms with Gasteiger partial charge in [0.2, 0.25) is 0 Å². The quantitative estimate of drug-likeness (QED) is 0.878. The zero-order valence-electron chi connectivity index (χ0n) is 9.71. The number of hydrogen-bond acceptors (Lipinski definition) is 2. The predicted molar refractivity (Wildman–Crippen MR) is 66.4 cm³/mol. The van der Waals surface area contributed by atoms with Crippen molar-refractivity contribution in [2.24, 2.45) is 0 Å². The number of carbonyl (C=O) groups excluding carboxylic acids is 1. The maximum Gasteiger partial charge on any atom is 0.251 e. The molecule has 2 nitrogen and oxygen atoms in total. The van der Waals surface area contributed by atoms with Crippen LogP contribution in [0.25, 0.3) is 0 Å². The van der Waals surface area contributed by atoms with Crippen LogP contribution in [0.1, 0.15) is 22.8 Å². The third-order valence-corrected chi connectivity index (χ3v) is 3.05. The molecule has 0 aliphatic carbocycles. The molecule has 4 heteroatoms. The van der Waals surface area contributed by atoms with E-state index in [4.69, 9.17) is 0 Å². The minimum atomic E-state index is -0.284. The first-order valence-electron chi connectivity index (χ1n) is 5.10. The molecule has 0 radical (unpaired) electrons. The molecular formula is C12H16FNOS. The lowest BCUT2D eigenvalue weighted by atomic mass is 10.1.